The molecule has 2 N–H and O–H groups in total. The van der Waals surface area contributed by atoms with Crippen molar-refractivity contribution in [3.63, 3.8) is 0 Å². The van der Waals surface area contributed by atoms with Gasteiger partial charge in [0.25, 0.3) is 5.91 Å². The standard InChI is InChI=1S/C31H35F5N6O3/c32-30(33)8-5-20(6-9-30)28(41-29(44)21-7-10-37-26(12-21)45-23-3-4-23)24-16-42-25(40-24)11-22(15-39-42)27(19-1-2-19)38-14-18(17-43)13-31(34,35)36/h7,10-12,15-20,23,27-28,38H,1-6,8-9,13-14H2,(H,41,44)/t18?,27-,28+/m1/s1. The summed E-state index contributed by atoms with van der Waals surface area (Å²) in [7, 11) is 0. The Balaban J connectivity index is 1.23. The molecule has 3 aliphatic carbocycles. The Hall–Kier alpha value is -3.68. The number of pyridine rings is 1. The Labute approximate surface area is 256 Å². The van der Waals surface area contributed by atoms with E-state index in [9.17, 15) is 31.5 Å². The van der Waals surface area contributed by atoms with Crippen LogP contribution in [0.2, 0.25) is 0 Å². The molecule has 1 amide bonds. The molecule has 3 fully saturated rings. The largest absolute Gasteiger partial charge is 0.474 e. The van der Waals surface area contributed by atoms with Gasteiger partial charge in [-0.25, -0.2) is 23.3 Å². The van der Waals surface area contributed by atoms with Gasteiger partial charge >= 0.3 is 6.18 Å². The summed E-state index contributed by atoms with van der Waals surface area (Å²) < 4.78 is 74.1. The zero-order valence-corrected chi connectivity index (χ0v) is 24.5. The number of nitrogens with zero attached hydrogens (tertiary/aromatic N) is 4. The summed E-state index contributed by atoms with van der Waals surface area (Å²) in [6.07, 6.45) is 3.00. The highest BCUT2D eigenvalue weighted by Gasteiger charge is 2.40. The van der Waals surface area contributed by atoms with Crippen LogP contribution in [0.1, 0.15) is 91.5 Å². The predicted octanol–water partition coefficient (Wildman–Crippen LogP) is 5.77. The molecule has 45 heavy (non-hydrogen) atoms. The summed E-state index contributed by atoms with van der Waals surface area (Å²) in [4.78, 5) is 33.7. The van der Waals surface area contributed by atoms with Gasteiger partial charge < -0.3 is 20.2 Å². The zero-order chi connectivity index (χ0) is 31.8. The molecule has 242 valence electrons. The van der Waals surface area contributed by atoms with Crippen molar-refractivity contribution in [3.8, 4) is 5.88 Å². The number of halogens is 5. The first-order valence-corrected chi connectivity index (χ1v) is 15.4. The topological polar surface area (TPSA) is 111 Å². The number of nitrogens with one attached hydrogen (secondary N) is 2. The summed E-state index contributed by atoms with van der Waals surface area (Å²) in [6, 6.07) is 3.92. The van der Waals surface area contributed by atoms with E-state index in [1.807, 2.05) is 0 Å². The van der Waals surface area contributed by atoms with Gasteiger partial charge in [0.05, 0.1) is 30.6 Å². The first-order valence-electron chi connectivity index (χ1n) is 15.4. The number of aromatic nitrogens is 4. The summed E-state index contributed by atoms with van der Waals surface area (Å²) in [5, 5.41) is 10.6. The fourth-order valence-corrected chi connectivity index (χ4v) is 5.99. The van der Waals surface area contributed by atoms with E-state index >= 15 is 0 Å². The van der Waals surface area contributed by atoms with Crippen molar-refractivity contribution < 1.29 is 36.3 Å². The molecule has 0 aliphatic heterocycles. The number of aldehydes is 1. The molecule has 3 saturated carbocycles. The summed E-state index contributed by atoms with van der Waals surface area (Å²) in [6.45, 7) is -0.127. The van der Waals surface area contributed by atoms with Gasteiger partial charge in [0, 0.05) is 49.2 Å². The predicted molar refractivity (Wildman–Crippen MR) is 152 cm³/mol. The number of ether oxygens (including phenoxy) is 1. The van der Waals surface area contributed by atoms with Crippen LogP contribution in [0.25, 0.3) is 5.65 Å². The highest BCUT2D eigenvalue weighted by molar-refractivity contribution is 5.94. The number of fused-ring (bicyclic) bond motifs is 1. The average molecular weight is 635 g/mol. The fourth-order valence-electron chi connectivity index (χ4n) is 5.99. The van der Waals surface area contributed by atoms with Crippen LogP contribution in [0.4, 0.5) is 22.0 Å². The number of alkyl halides is 5. The minimum Gasteiger partial charge on any atom is -0.474 e. The van der Waals surface area contributed by atoms with Crippen molar-refractivity contribution in [1.29, 1.82) is 0 Å². The lowest BCUT2D eigenvalue weighted by Crippen LogP contribution is -2.37. The van der Waals surface area contributed by atoms with E-state index in [0.717, 1.165) is 31.2 Å². The third kappa shape index (κ3) is 8.13. The Morgan fingerprint density at radius 3 is 2.49 bits per heavy atom. The van der Waals surface area contributed by atoms with Gasteiger partial charge in [-0.05, 0) is 68.1 Å². The second-order valence-corrected chi connectivity index (χ2v) is 12.5. The number of imidazole rings is 1. The van der Waals surface area contributed by atoms with Gasteiger partial charge in [0.15, 0.2) is 5.65 Å². The maximum atomic E-state index is 14.1. The van der Waals surface area contributed by atoms with Crippen LogP contribution in [0.3, 0.4) is 0 Å². The fraction of sp³-hybridized carbons (Fsp3) is 0.581. The molecule has 9 nitrogen and oxygen atoms in total. The molecule has 14 heteroatoms. The van der Waals surface area contributed by atoms with Crippen LogP contribution in [0.15, 0.2) is 36.8 Å². The zero-order valence-electron chi connectivity index (χ0n) is 24.5. The van der Waals surface area contributed by atoms with Crippen LogP contribution in [0, 0.1) is 17.8 Å². The Bertz CT molecular complexity index is 1510. The number of hydrogen-bond donors (Lipinski definition) is 2. The van der Waals surface area contributed by atoms with Gasteiger partial charge in [-0.15, -0.1) is 0 Å². The molecule has 0 radical (unpaired) electrons. The molecule has 3 aromatic rings. The van der Waals surface area contributed by atoms with Gasteiger partial charge in [-0.2, -0.15) is 18.3 Å². The number of rotatable bonds is 13. The second kappa shape index (κ2) is 12.6. The van der Waals surface area contributed by atoms with Crippen molar-refractivity contribution in [2.45, 2.75) is 88.1 Å². The van der Waals surface area contributed by atoms with Crippen molar-refractivity contribution in [3.05, 3.63) is 53.6 Å². The quantitative estimate of drug-likeness (QED) is 0.182. The van der Waals surface area contributed by atoms with Crippen LogP contribution in [-0.4, -0.2) is 56.5 Å². The summed E-state index contributed by atoms with van der Waals surface area (Å²) in [5.74, 6) is -4.13. The van der Waals surface area contributed by atoms with E-state index in [2.05, 4.69) is 20.7 Å². The number of carbonyl (C=O) groups is 2. The van der Waals surface area contributed by atoms with Gasteiger partial charge in [-0.1, -0.05) is 0 Å². The van der Waals surface area contributed by atoms with Gasteiger partial charge in [0.2, 0.25) is 11.8 Å². The molecule has 0 spiro atoms. The highest BCUT2D eigenvalue weighted by atomic mass is 19.4. The molecule has 1 unspecified atom stereocenters. The Morgan fingerprint density at radius 2 is 1.82 bits per heavy atom. The molecule has 3 heterocycles. The molecular weight excluding hydrogens is 599 g/mol. The maximum absolute atomic E-state index is 14.1. The molecule has 0 saturated heterocycles. The molecule has 0 aromatic carbocycles. The highest BCUT2D eigenvalue weighted by Crippen LogP contribution is 2.43. The van der Waals surface area contributed by atoms with E-state index < -0.39 is 36.4 Å². The summed E-state index contributed by atoms with van der Waals surface area (Å²) >= 11 is 0. The molecular formula is C31H35F5N6O3. The van der Waals surface area contributed by atoms with Crippen molar-refractivity contribution in [2.75, 3.05) is 6.54 Å². The molecule has 3 aliphatic rings. The van der Waals surface area contributed by atoms with Gasteiger partial charge in [-0.3, -0.25) is 4.79 Å². The normalized spacial score (nSPS) is 20.8. The molecule has 3 atom stereocenters. The summed E-state index contributed by atoms with van der Waals surface area (Å²) in [5.41, 5.74) is 1.96. The lowest BCUT2D eigenvalue weighted by molar-refractivity contribution is -0.148. The monoisotopic (exact) mass is 634 g/mol. The minimum atomic E-state index is -4.45. The first-order chi connectivity index (χ1) is 21.5. The molecule has 0 bridgehead atoms. The lowest BCUT2D eigenvalue weighted by atomic mass is 9.81. The van der Waals surface area contributed by atoms with E-state index in [4.69, 9.17) is 9.72 Å². The number of hydrogen-bond acceptors (Lipinski definition) is 7. The number of amides is 1. The first kappa shape index (κ1) is 31.3. The third-order valence-electron chi connectivity index (χ3n) is 8.75. The minimum absolute atomic E-state index is 0.101. The molecule has 3 aromatic heterocycles. The van der Waals surface area contributed by atoms with Gasteiger partial charge in [0.1, 0.15) is 12.4 Å². The Kier molecular flexibility index (Phi) is 8.77. The van der Waals surface area contributed by atoms with Crippen LogP contribution >= 0.6 is 0 Å². The van der Waals surface area contributed by atoms with E-state index in [1.165, 1.54) is 10.7 Å². The van der Waals surface area contributed by atoms with Crippen LogP contribution in [-0.2, 0) is 4.79 Å². The second-order valence-electron chi connectivity index (χ2n) is 12.5. The smallest absolute Gasteiger partial charge is 0.389 e. The van der Waals surface area contributed by atoms with Crippen LogP contribution < -0.4 is 15.4 Å². The lowest BCUT2D eigenvalue weighted by Gasteiger charge is -2.33. The SMILES string of the molecule is O=CC(CN[C@@H](c1cnn2cc([C@@H](NC(=O)c3ccnc(OC4CC4)c3)C3CCC(F)(F)CC3)nc2c1)C1CC1)CC(F)(F)F. The average Bonchev–Trinajstić information content (AvgIpc) is 3.94. The van der Waals surface area contributed by atoms with E-state index in [-0.39, 0.29) is 56.2 Å². The van der Waals surface area contributed by atoms with Crippen molar-refractivity contribution in [2.24, 2.45) is 17.8 Å². The van der Waals surface area contributed by atoms with Crippen LogP contribution in [0.5, 0.6) is 5.88 Å². The number of carbonyl (C=O) groups excluding carboxylic acids is 2. The van der Waals surface area contributed by atoms with Crippen molar-refractivity contribution in [1.82, 2.24) is 30.2 Å². The Morgan fingerprint density at radius 1 is 1.09 bits per heavy atom. The van der Waals surface area contributed by atoms with E-state index in [0.29, 0.717) is 29.1 Å². The maximum Gasteiger partial charge on any atom is 0.389 e. The van der Waals surface area contributed by atoms with Crippen molar-refractivity contribution >= 4 is 17.8 Å². The van der Waals surface area contributed by atoms with E-state index in [1.54, 1.807) is 30.6 Å². The molecule has 6 rings (SSSR count). The third-order valence-corrected chi connectivity index (χ3v) is 8.75.